The summed E-state index contributed by atoms with van der Waals surface area (Å²) in [6.07, 6.45) is 3.25. The molecule has 0 amide bonds. The molecule has 0 aliphatic carbocycles. The molecule has 0 spiro atoms. The maximum absolute atomic E-state index is 11.1. The number of carbonyl (C=O) groups is 1. The van der Waals surface area contributed by atoms with E-state index in [1.165, 1.54) is 4.68 Å². The van der Waals surface area contributed by atoms with Gasteiger partial charge in [0, 0.05) is 18.3 Å². The molecule has 0 radical (unpaired) electrons. The summed E-state index contributed by atoms with van der Waals surface area (Å²) in [6, 6.07) is 1.74. The van der Waals surface area contributed by atoms with Gasteiger partial charge in [0.25, 0.3) is 0 Å². The molecule has 54 valence electrons. The summed E-state index contributed by atoms with van der Waals surface area (Å²) in [6.45, 7) is 3.70. The third-order valence-electron chi connectivity index (χ3n) is 1.22. The van der Waals surface area contributed by atoms with Gasteiger partial charge in [0.1, 0.15) is 0 Å². The number of aromatic nitrogens is 2. The standard InChI is InChI=1S/C7H10N2O/c1-6(2)7(10)9-5-3-4-8-9/h3-6H,1-2H3. The minimum atomic E-state index is 0.0138. The molecule has 0 fully saturated rings. The number of carbonyl (C=O) groups excluding carboxylic acids is 1. The van der Waals surface area contributed by atoms with Crippen molar-refractivity contribution in [3.63, 3.8) is 0 Å². The van der Waals surface area contributed by atoms with Crippen molar-refractivity contribution < 1.29 is 4.79 Å². The molecule has 3 nitrogen and oxygen atoms in total. The van der Waals surface area contributed by atoms with E-state index >= 15 is 0 Å². The minimum Gasteiger partial charge on any atom is -0.272 e. The van der Waals surface area contributed by atoms with Gasteiger partial charge in [-0.15, -0.1) is 0 Å². The van der Waals surface area contributed by atoms with Crippen LogP contribution in [0.4, 0.5) is 0 Å². The summed E-state index contributed by atoms with van der Waals surface area (Å²) in [5, 5.41) is 3.80. The molecule has 0 atom stereocenters. The largest absolute Gasteiger partial charge is 0.272 e. The van der Waals surface area contributed by atoms with Gasteiger partial charge >= 0.3 is 0 Å². The van der Waals surface area contributed by atoms with Gasteiger partial charge in [-0.2, -0.15) is 5.10 Å². The van der Waals surface area contributed by atoms with E-state index in [1.807, 2.05) is 13.8 Å². The molecular formula is C7H10N2O. The lowest BCUT2D eigenvalue weighted by Crippen LogP contribution is -2.16. The fourth-order valence-electron chi connectivity index (χ4n) is 0.664. The molecule has 0 aromatic carbocycles. The van der Waals surface area contributed by atoms with Crippen LogP contribution in [0.5, 0.6) is 0 Å². The van der Waals surface area contributed by atoms with Crippen molar-refractivity contribution in [3.05, 3.63) is 18.5 Å². The van der Waals surface area contributed by atoms with Crippen LogP contribution in [-0.2, 0) is 0 Å². The highest BCUT2D eigenvalue weighted by molar-refractivity contribution is 5.79. The number of hydrogen-bond acceptors (Lipinski definition) is 2. The van der Waals surface area contributed by atoms with E-state index < -0.39 is 0 Å². The van der Waals surface area contributed by atoms with Crippen LogP contribution in [0.1, 0.15) is 18.6 Å². The van der Waals surface area contributed by atoms with E-state index in [2.05, 4.69) is 5.10 Å². The molecule has 1 aromatic rings. The third-order valence-corrected chi connectivity index (χ3v) is 1.22. The van der Waals surface area contributed by atoms with Gasteiger partial charge in [-0.25, -0.2) is 4.68 Å². The molecule has 3 heteroatoms. The molecule has 0 N–H and O–H groups in total. The van der Waals surface area contributed by atoms with Crippen LogP contribution in [0.2, 0.25) is 0 Å². The molecule has 0 aliphatic heterocycles. The Morgan fingerprint density at radius 3 is 2.70 bits per heavy atom. The van der Waals surface area contributed by atoms with Crippen LogP contribution in [0.15, 0.2) is 18.5 Å². The average Bonchev–Trinajstić information content (AvgIpc) is 2.36. The Morgan fingerprint density at radius 1 is 1.60 bits per heavy atom. The Labute approximate surface area is 59.7 Å². The number of nitrogens with zero attached hydrogens (tertiary/aromatic N) is 2. The van der Waals surface area contributed by atoms with Crippen molar-refractivity contribution >= 4 is 5.91 Å². The molecule has 0 bridgehead atoms. The first-order chi connectivity index (χ1) is 4.72. The van der Waals surface area contributed by atoms with Crippen molar-refractivity contribution in [1.29, 1.82) is 0 Å². The normalized spacial score (nSPS) is 10.3. The lowest BCUT2D eigenvalue weighted by molar-refractivity contribution is 0.0838. The predicted molar refractivity (Wildman–Crippen MR) is 37.7 cm³/mol. The Balaban J connectivity index is 2.78. The van der Waals surface area contributed by atoms with Gasteiger partial charge in [0.05, 0.1) is 0 Å². The van der Waals surface area contributed by atoms with Crippen molar-refractivity contribution in [3.8, 4) is 0 Å². The molecular weight excluding hydrogens is 128 g/mol. The smallest absolute Gasteiger partial charge is 0.249 e. The average molecular weight is 138 g/mol. The monoisotopic (exact) mass is 138 g/mol. The van der Waals surface area contributed by atoms with E-state index in [4.69, 9.17) is 0 Å². The predicted octanol–water partition coefficient (Wildman–Crippen LogP) is 1.18. The highest BCUT2D eigenvalue weighted by atomic mass is 16.2. The van der Waals surface area contributed by atoms with Gasteiger partial charge in [0.2, 0.25) is 5.91 Å². The zero-order valence-electron chi connectivity index (χ0n) is 6.11. The zero-order valence-corrected chi connectivity index (χ0v) is 6.11. The van der Waals surface area contributed by atoms with Crippen LogP contribution < -0.4 is 0 Å². The fourth-order valence-corrected chi connectivity index (χ4v) is 0.664. The van der Waals surface area contributed by atoms with Crippen molar-refractivity contribution in [1.82, 2.24) is 9.78 Å². The molecule has 1 aromatic heterocycles. The van der Waals surface area contributed by atoms with E-state index in [1.54, 1.807) is 18.5 Å². The topological polar surface area (TPSA) is 34.9 Å². The van der Waals surface area contributed by atoms with Crippen molar-refractivity contribution in [2.75, 3.05) is 0 Å². The fraction of sp³-hybridized carbons (Fsp3) is 0.429. The molecule has 1 heterocycles. The van der Waals surface area contributed by atoms with E-state index in [-0.39, 0.29) is 11.8 Å². The van der Waals surface area contributed by atoms with Crippen LogP contribution in [0, 0.1) is 5.92 Å². The van der Waals surface area contributed by atoms with Crippen LogP contribution in [0.3, 0.4) is 0 Å². The first kappa shape index (κ1) is 6.99. The first-order valence-electron chi connectivity index (χ1n) is 3.25. The first-order valence-corrected chi connectivity index (χ1v) is 3.25. The summed E-state index contributed by atoms with van der Waals surface area (Å²) >= 11 is 0. The molecule has 1 rings (SSSR count). The minimum absolute atomic E-state index is 0.0138. The van der Waals surface area contributed by atoms with Gasteiger partial charge in [0.15, 0.2) is 0 Å². The van der Waals surface area contributed by atoms with Gasteiger partial charge in [-0.05, 0) is 6.07 Å². The second-order valence-electron chi connectivity index (χ2n) is 2.44. The van der Waals surface area contributed by atoms with E-state index in [0.717, 1.165) is 0 Å². The molecule has 10 heavy (non-hydrogen) atoms. The Bertz CT molecular complexity index is 214. The van der Waals surface area contributed by atoms with Crippen molar-refractivity contribution in [2.45, 2.75) is 13.8 Å². The van der Waals surface area contributed by atoms with Gasteiger partial charge in [-0.3, -0.25) is 4.79 Å². The second-order valence-corrected chi connectivity index (χ2v) is 2.44. The Hall–Kier alpha value is -1.12. The SMILES string of the molecule is CC(C)C(=O)n1cccn1. The van der Waals surface area contributed by atoms with Crippen LogP contribution in [-0.4, -0.2) is 15.7 Å². The Kier molecular flexibility index (Phi) is 1.85. The van der Waals surface area contributed by atoms with E-state index in [0.29, 0.717) is 0 Å². The van der Waals surface area contributed by atoms with Crippen LogP contribution >= 0.6 is 0 Å². The van der Waals surface area contributed by atoms with Crippen molar-refractivity contribution in [2.24, 2.45) is 5.92 Å². The second kappa shape index (κ2) is 2.64. The summed E-state index contributed by atoms with van der Waals surface area (Å²) in [5.41, 5.74) is 0. The summed E-state index contributed by atoms with van der Waals surface area (Å²) in [7, 11) is 0. The number of hydrogen-bond donors (Lipinski definition) is 0. The summed E-state index contributed by atoms with van der Waals surface area (Å²) in [4.78, 5) is 11.1. The highest BCUT2D eigenvalue weighted by Gasteiger charge is 2.07. The highest BCUT2D eigenvalue weighted by Crippen LogP contribution is 1.96. The summed E-state index contributed by atoms with van der Waals surface area (Å²) in [5.74, 6) is 0.0462. The molecule has 0 saturated heterocycles. The van der Waals surface area contributed by atoms with E-state index in [9.17, 15) is 4.79 Å². The molecule has 0 saturated carbocycles. The zero-order chi connectivity index (χ0) is 7.56. The Morgan fingerprint density at radius 2 is 2.30 bits per heavy atom. The maximum Gasteiger partial charge on any atom is 0.249 e. The quantitative estimate of drug-likeness (QED) is 0.584. The lowest BCUT2D eigenvalue weighted by atomic mass is 10.2. The number of rotatable bonds is 1. The van der Waals surface area contributed by atoms with Crippen LogP contribution in [0.25, 0.3) is 0 Å². The maximum atomic E-state index is 11.1. The van der Waals surface area contributed by atoms with Gasteiger partial charge in [-0.1, -0.05) is 13.8 Å². The molecule has 0 unspecified atom stereocenters. The molecule has 0 aliphatic rings. The lowest BCUT2D eigenvalue weighted by Gasteiger charge is -2.01. The summed E-state index contributed by atoms with van der Waals surface area (Å²) < 4.78 is 1.35. The van der Waals surface area contributed by atoms with Gasteiger partial charge < -0.3 is 0 Å². The third kappa shape index (κ3) is 1.23.